The predicted octanol–water partition coefficient (Wildman–Crippen LogP) is 3.28. The minimum atomic E-state index is -0.466. The molecule has 3 aromatic rings. The van der Waals surface area contributed by atoms with Crippen LogP contribution in [0.5, 0.6) is 0 Å². The van der Waals surface area contributed by atoms with E-state index in [2.05, 4.69) is 10.4 Å². The highest BCUT2D eigenvalue weighted by Crippen LogP contribution is 2.19. The van der Waals surface area contributed by atoms with Gasteiger partial charge in [-0.3, -0.25) is 9.59 Å². The van der Waals surface area contributed by atoms with Crippen LogP contribution < -0.4 is 10.2 Å². The fourth-order valence-corrected chi connectivity index (χ4v) is 3.13. The van der Waals surface area contributed by atoms with Crippen LogP contribution in [0.15, 0.2) is 54.6 Å². The van der Waals surface area contributed by atoms with Crippen LogP contribution in [0.4, 0.5) is 11.4 Å². The quantitative estimate of drug-likeness (QED) is 0.610. The number of carbonyl (C=O) groups is 2. The van der Waals surface area contributed by atoms with Gasteiger partial charge < -0.3 is 15.0 Å². The third-order valence-corrected chi connectivity index (χ3v) is 4.79. The molecular weight excluding hydrogens is 380 g/mol. The van der Waals surface area contributed by atoms with Gasteiger partial charge in [0, 0.05) is 36.7 Å². The number of aryl methyl sites for hydroxylation is 1. The van der Waals surface area contributed by atoms with Crippen LogP contribution in [-0.2, 0) is 20.7 Å². The Balaban J connectivity index is 1.56. The van der Waals surface area contributed by atoms with Gasteiger partial charge in [-0.05, 0) is 50.2 Å². The minimum Gasteiger partial charge on any atom is -0.455 e. The van der Waals surface area contributed by atoms with Crippen LogP contribution in [0, 0.1) is 13.8 Å². The first-order valence-corrected chi connectivity index (χ1v) is 9.68. The highest BCUT2D eigenvalue weighted by molar-refractivity contribution is 5.93. The first-order valence-electron chi connectivity index (χ1n) is 9.68. The molecule has 0 aliphatic carbocycles. The Bertz CT molecular complexity index is 1020. The molecule has 0 bridgehead atoms. The number of hydrogen-bond acceptors (Lipinski definition) is 5. The highest BCUT2D eigenvalue weighted by Gasteiger charge is 2.17. The zero-order chi connectivity index (χ0) is 21.7. The molecule has 30 heavy (non-hydrogen) atoms. The van der Waals surface area contributed by atoms with E-state index in [1.54, 1.807) is 12.1 Å². The molecule has 0 atom stereocenters. The molecule has 2 aromatic carbocycles. The molecule has 0 aliphatic rings. The number of esters is 1. The van der Waals surface area contributed by atoms with E-state index in [1.165, 1.54) is 0 Å². The van der Waals surface area contributed by atoms with E-state index in [0.717, 1.165) is 28.3 Å². The van der Waals surface area contributed by atoms with E-state index in [9.17, 15) is 9.59 Å². The monoisotopic (exact) mass is 406 g/mol. The van der Waals surface area contributed by atoms with Gasteiger partial charge in [0.15, 0.2) is 6.61 Å². The molecule has 0 spiro atoms. The van der Waals surface area contributed by atoms with Gasteiger partial charge in [0.2, 0.25) is 0 Å². The van der Waals surface area contributed by atoms with Crippen LogP contribution in [0.25, 0.3) is 5.69 Å². The third kappa shape index (κ3) is 5.05. The predicted molar refractivity (Wildman–Crippen MR) is 117 cm³/mol. The summed E-state index contributed by atoms with van der Waals surface area (Å²) in [5, 5.41) is 7.25. The zero-order valence-electron chi connectivity index (χ0n) is 17.7. The minimum absolute atomic E-state index is 0.0648. The molecule has 0 saturated carbocycles. The molecular formula is C23H26N4O3. The van der Waals surface area contributed by atoms with Crippen molar-refractivity contribution in [2.45, 2.75) is 20.3 Å². The lowest BCUT2D eigenvalue weighted by atomic mass is 10.1. The summed E-state index contributed by atoms with van der Waals surface area (Å²) in [6, 6.07) is 17.1. The molecule has 1 amide bonds. The molecule has 0 radical (unpaired) electrons. The number of anilines is 2. The van der Waals surface area contributed by atoms with E-state index < -0.39 is 5.97 Å². The molecule has 0 fully saturated rings. The van der Waals surface area contributed by atoms with E-state index in [-0.39, 0.29) is 18.9 Å². The lowest BCUT2D eigenvalue weighted by molar-refractivity contribution is -0.146. The number of nitrogens with one attached hydrogen (secondary N) is 1. The van der Waals surface area contributed by atoms with Crippen LogP contribution >= 0.6 is 0 Å². The standard InChI is InChI=1S/C23H26N4O3/c1-16-21(17(2)27(25-16)20-8-6-5-7-9-20)14-23(29)30-15-22(28)24-18-10-12-19(13-11-18)26(3)4/h5-13H,14-15H2,1-4H3,(H,24,28). The summed E-state index contributed by atoms with van der Waals surface area (Å²) >= 11 is 0. The van der Waals surface area contributed by atoms with E-state index in [4.69, 9.17) is 4.74 Å². The Kier molecular flexibility index (Phi) is 6.51. The first kappa shape index (κ1) is 21.1. The lowest BCUT2D eigenvalue weighted by Gasteiger charge is -2.13. The highest BCUT2D eigenvalue weighted by atomic mass is 16.5. The summed E-state index contributed by atoms with van der Waals surface area (Å²) in [4.78, 5) is 26.4. The smallest absolute Gasteiger partial charge is 0.310 e. The van der Waals surface area contributed by atoms with Crippen LogP contribution in [0.2, 0.25) is 0 Å². The summed E-state index contributed by atoms with van der Waals surface area (Å²) in [5.41, 5.74) is 5.06. The van der Waals surface area contributed by atoms with Gasteiger partial charge in [0.05, 0.1) is 17.8 Å². The van der Waals surface area contributed by atoms with Crippen molar-refractivity contribution in [3.8, 4) is 5.69 Å². The van der Waals surface area contributed by atoms with Gasteiger partial charge >= 0.3 is 5.97 Å². The van der Waals surface area contributed by atoms with Gasteiger partial charge in [-0.25, -0.2) is 4.68 Å². The van der Waals surface area contributed by atoms with Gasteiger partial charge in [-0.1, -0.05) is 18.2 Å². The summed E-state index contributed by atoms with van der Waals surface area (Å²) in [5.74, 6) is -0.846. The van der Waals surface area contributed by atoms with E-state index in [0.29, 0.717) is 5.69 Å². The van der Waals surface area contributed by atoms with Gasteiger partial charge in [-0.15, -0.1) is 0 Å². The van der Waals surface area contributed by atoms with Crippen molar-refractivity contribution in [3.63, 3.8) is 0 Å². The summed E-state index contributed by atoms with van der Waals surface area (Å²) in [7, 11) is 3.89. The maximum Gasteiger partial charge on any atom is 0.310 e. The average Bonchev–Trinajstić information content (AvgIpc) is 3.01. The molecule has 1 aromatic heterocycles. The van der Waals surface area contributed by atoms with Gasteiger partial charge in [0.1, 0.15) is 0 Å². The molecule has 0 unspecified atom stereocenters. The van der Waals surface area contributed by atoms with Gasteiger partial charge in [-0.2, -0.15) is 5.10 Å². The van der Waals surface area contributed by atoms with Crippen LogP contribution in [0.1, 0.15) is 17.0 Å². The number of benzene rings is 2. The summed E-state index contributed by atoms with van der Waals surface area (Å²) in [6.45, 7) is 3.44. The number of hydrogen-bond donors (Lipinski definition) is 1. The number of para-hydroxylation sites is 1. The SMILES string of the molecule is Cc1nn(-c2ccccc2)c(C)c1CC(=O)OCC(=O)Nc1ccc(N(C)C)cc1. The van der Waals surface area contributed by atoms with Crippen LogP contribution in [-0.4, -0.2) is 42.4 Å². The second-order valence-corrected chi connectivity index (χ2v) is 7.22. The number of carbonyl (C=O) groups excluding carboxylic acids is 2. The van der Waals surface area contributed by atoms with Crippen LogP contribution in [0.3, 0.4) is 0 Å². The summed E-state index contributed by atoms with van der Waals surface area (Å²) < 4.78 is 6.98. The molecule has 7 heteroatoms. The molecule has 3 rings (SSSR count). The Morgan fingerprint density at radius 3 is 2.33 bits per heavy atom. The zero-order valence-corrected chi connectivity index (χ0v) is 17.7. The Morgan fingerprint density at radius 1 is 1.03 bits per heavy atom. The van der Waals surface area contributed by atoms with Gasteiger partial charge in [0.25, 0.3) is 5.91 Å². The number of ether oxygens (including phenoxy) is 1. The second-order valence-electron chi connectivity index (χ2n) is 7.22. The van der Waals surface area contributed by atoms with Crippen molar-refractivity contribution in [1.29, 1.82) is 0 Å². The maximum absolute atomic E-state index is 12.3. The van der Waals surface area contributed by atoms with Crippen molar-refractivity contribution < 1.29 is 14.3 Å². The molecule has 0 saturated heterocycles. The Hall–Kier alpha value is -3.61. The van der Waals surface area contributed by atoms with Crippen molar-refractivity contribution in [1.82, 2.24) is 9.78 Å². The maximum atomic E-state index is 12.3. The van der Waals surface area contributed by atoms with E-state index >= 15 is 0 Å². The lowest BCUT2D eigenvalue weighted by Crippen LogP contribution is -2.22. The third-order valence-electron chi connectivity index (χ3n) is 4.79. The van der Waals surface area contributed by atoms with E-state index in [1.807, 2.05) is 80.0 Å². The molecule has 156 valence electrons. The first-order chi connectivity index (χ1) is 14.3. The number of rotatable bonds is 7. The fraction of sp³-hybridized carbons (Fsp3) is 0.261. The number of aromatic nitrogens is 2. The molecule has 7 nitrogen and oxygen atoms in total. The largest absolute Gasteiger partial charge is 0.455 e. The van der Waals surface area contributed by atoms with Crippen molar-refractivity contribution in [3.05, 3.63) is 71.5 Å². The number of nitrogens with zero attached hydrogens (tertiary/aromatic N) is 3. The normalized spacial score (nSPS) is 10.5. The van der Waals surface area contributed by atoms with Crippen molar-refractivity contribution >= 4 is 23.3 Å². The Labute approximate surface area is 176 Å². The average molecular weight is 406 g/mol. The molecule has 1 N–H and O–H groups in total. The van der Waals surface area contributed by atoms with Crippen molar-refractivity contribution in [2.75, 3.05) is 30.9 Å². The second kappa shape index (κ2) is 9.26. The van der Waals surface area contributed by atoms with Crippen molar-refractivity contribution in [2.24, 2.45) is 0 Å². The summed E-state index contributed by atoms with van der Waals surface area (Å²) in [6.07, 6.45) is 0.0648. The Morgan fingerprint density at radius 2 is 1.70 bits per heavy atom. The molecule has 1 heterocycles. The fourth-order valence-electron chi connectivity index (χ4n) is 3.13. The topological polar surface area (TPSA) is 76.5 Å². The molecule has 0 aliphatic heterocycles. The number of amides is 1.